The van der Waals surface area contributed by atoms with Crippen molar-refractivity contribution < 1.29 is 13.2 Å². The third-order valence-corrected chi connectivity index (χ3v) is 4.14. The monoisotopic (exact) mass is 344 g/mol. The number of carbonyl (C=O) groups excluding carboxylic acids is 1. The molecule has 0 aliphatic rings. The van der Waals surface area contributed by atoms with Crippen LogP contribution in [0.4, 0.5) is 0 Å². The molecular weight excluding hydrogens is 328 g/mol. The summed E-state index contributed by atoms with van der Waals surface area (Å²) in [6, 6.07) is 9.56. The first-order valence-corrected chi connectivity index (χ1v) is 8.72. The highest BCUT2D eigenvalue weighted by atomic mass is 32.2. The van der Waals surface area contributed by atoms with E-state index < -0.39 is 15.7 Å². The fourth-order valence-electron chi connectivity index (χ4n) is 1.97. The van der Waals surface area contributed by atoms with Crippen LogP contribution < -0.4 is 11.5 Å². The number of rotatable bonds is 4. The van der Waals surface area contributed by atoms with Crippen molar-refractivity contribution in [1.29, 1.82) is 0 Å². The minimum absolute atomic E-state index is 0.149. The fraction of sp³-hybridized carbons (Fsp3) is 0.0625. The number of guanidine groups is 1. The Balaban J connectivity index is 2.58. The normalized spacial score (nSPS) is 11.8. The summed E-state index contributed by atoms with van der Waals surface area (Å²) in [4.78, 5) is 19.9. The van der Waals surface area contributed by atoms with Crippen LogP contribution in [0.5, 0.6) is 0 Å². The third-order valence-electron chi connectivity index (χ3n) is 3.03. The molecule has 0 spiro atoms. The smallest absolute Gasteiger partial charge is 0.280 e. The Labute approximate surface area is 139 Å². The number of pyridine rings is 1. The van der Waals surface area contributed by atoms with E-state index in [2.05, 4.69) is 9.98 Å². The fourth-order valence-corrected chi connectivity index (χ4v) is 2.65. The molecule has 8 heteroatoms. The highest BCUT2D eigenvalue weighted by molar-refractivity contribution is 7.90. The van der Waals surface area contributed by atoms with E-state index in [4.69, 9.17) is 11.5 Å². The lowest BCUT2D eigenvalue weighted by Crippen LogP contribution is -2.24. The molecule has 7 nitrogen and oxygen atoms in total. The van der Waals surface area contributed by atoms with Crippen LogP contribution >= 0.6 is 0 Å². The van der Waals surface area contributed by atoms with Crippen LogP contribution in [-0.2, 0) is 14.6 Å². The summed E-state index contributed by atoms with van der Waals surface area (Å²) in [7, 11) is -3.36. The Kier molecular flexibility index (Phi) is 5.10. The Hall–Kier alpha value is -3.00. The van der Waals surface area contributed by atoms with Gasteiger partial charge >= 0.3 is 0 Å². The van der Waals surface area contributed by atoms with Gasteiger partial charge in [0.25, 0.3) is 5.91 Å². The number of benzene rings is 1. The van der Waals surface area contributed by atoms with E-state index in [1.54, 1.807) is 30.5 Å². The van der Waals surface area contributed by atoms with Gasteiger partial charge in [-0.3, -0.25) is 9.78 Å². The van der Waals surface area contributed by atoms with Crippen molar-refractivity contribution in [2.75, 3.05) is 6.26 Å². The molecule has 0 saturated carbocycles. The second kappa shape index (κ2) is 7.05. The van der Waals surface area contributed by atoms with Gasteiger partial charge < -0.3 is 11.5 Å². The van der Waals surface area contributed by atoms with Crippen LogP contribution in [0, 0.1) is 0 Å². The molecule has 0 bridgehead atoms. The second-order valence-electron chi connectivity index (χ2n) is 4.99. The molecule has 1 amide bonds. The number of hydrogen-bond acceptors (Lipinski definition) is 4. The zero-order valence-corrected chi connectivity index (χ0v) is 13.7. The summed E-state index contributed by atoms with van der Waals surface area (Å²) in [5, 5.41) is 0. The predicted molar refractivity (Wildman–Crippen MR) is 92.5 cm³/mol. The minimum Gasteiger partial charge on any atom is -0.370 e. The Morgan fingerprint density at radius 3 is 2.54 bits per heavy atom. The lowest BCUT2D eigenvalue weighted by Gasteiger charge is -2.05. The summed E-state index contributed by atoms with van der Waals surface area (Å²) in [5.41, 5.74) is 11.8. The van der Waals surface area contributed by atoms with Gasteiger partial charge in [0.15, 0.2) is 15.8 Å². The molecule has 4 N–H and O–H groups in total. The molecular formula is C16H16N4O3S. The highest BCUT2D eigenvalue weighted by Gasteiger charge is 2.13. The van der Waals surface area contributed by atoms with Crippen molar-refractivity contribution in [3.8, 4) is 0 Å². The van der Waals surface area contributed by atoms with Gasteiger partial charge in [-0.25, -0.2) is 8.42 Å². The molecule has 2 rings (SSSR count). The number of aromatic nitrogens is 1. The molecule has 0 radical (unpaired) electrons. The van der Waals surface area contributed by atoms with Crippen LogP contribution in [0.3, 0.4) is 0 Å². The molecule has 0 unspecified atom stereocenters. The molecule has 0 atom stereocenters. The van der Waals surface area contributed by atoms with Gasteiger partial charge in [-0.1, -0.05) is 18.2 Å². The number of hydrogen-bond donors (Lipinski definition) is 2. The second-order valence-corrected chi connectivity index (χ2v) is 7.00. The van der Waals surface area contributed by atoms with E-state index in [-0.39, 0.29) is 16.4 Å². The topological polar surface area (TPSA) is 128 Å². The van der Waals surface area contributed by atoms with Gasteiger partial charge in [0, 0.05) is 24.2 Å². The lowest BCUT2D eigenvalue weighted by atomic mass is 10.0. The number of carbonyl (C=O) groups is 1. The van der Waals surface area contributed by atoms with Crippen LogP contribution in [-0.4, -0.2) is 31.5 Å². The van der Waals surface area contributed by atoms with E-state index >= 15 is 0 Å². The van der Waals surface area contributed by atoms with Gasteiger partial charge in [0.2, 0.25) is 0 Å². The van der Waals surface area contributed by atoms with E-state index in [1.807, 2.05) is 0 Å². The van der Waals surface area contributed by atoms with Gasteiger partial charge in [-0.05, 0) is 29.8 Å². The summed E-state index contributed by atoms with van der Waals surface area (Å²) >= 11 is 0. The number of aliphatic imine (C=N–C) groups is 1. The van der Waals surface area contributed by atoms with Gasteiger partial charge in [-0.2, -0.15) is 4.99 Å². The molecule has 0 aliphatic carbocycles. The van der Waals surface area contributed by atoms with Gasteiger partial charge in [-0.15, -0.1) is 0 Å². The van der Waals surface area contributed by atoms with Gasteiger partial charge in [0.1, 0.15) is 0 Å². The summed E-state index contributed by atoms with van der Waals surface area (Å²) < 4.78 is 23.3. The first-order valence-electron chi connectivity index (χ1n) is 6.83. The maximum absolute atomic E-state index is 12.3. The maximum Gasteiger partial charge on any atom is 0.280 e. The highest BCUT2D eigenvalue weighted by Crippen LogP contribution is 2.21. The number of nitrogens with two attached hydrogens (primary N) is 2. The van der Waals surface area contributed by atoms with Crippen LogP contribution in [0.1, 0.15) is 11.1 Å². The molecule has 1 aromatic heterocycles. The molecule has 0 saturated heterocycles. The Bertz CT molecular complexity index is 915. The van der Waals surface area contributed by atoms with E-state index in [1.165, 1.54) is 24.4 Å². The largest absolute Gasteiger partial charge is 0.370 e. The maximum atomic E-state index is 12.3. The zero-order chi connectivity index (χ0) is 17.7. The Morgan fingerprint density at radius 2 is 1.96 bits per heavy atom. The molecule has 0 fully saturated rings. The van der Waals surface area contributed by atoms with Gasteiger partial charge in [0.05, 0.1) is 10.5 Å². The minimum atomic E-state index is -3.36. The van der Waals surface area contributed by atoms with Crippen molar-refractivity contribution >= 4 is 33.4 Å². The standard InChI is InChI=1S/C16H16N4O3S/c1-24(22,23)13-6-2-4-11(8-13)9-14(15(21)20-16(17)18)12-5-3-7-19-10-12/h2-10H,1H3,(H4,17,18,20,21)/b14-9+. The Morgan fingerprint density at radius 1 is 1.21 bits per heavy atom. The van der Waals surface area contributed by atoms with E-state index in [9.17, 15) is 13.2 Å². The van der Waals surface area contributed by atoms with Crippen LogP contribution in [0.2, 0.25) is 0 Å². The number of amides is 1. The third kappa shape index (κ3) is 4.50. The average molecular weight is 344 g/mol. The number of sulfone groups is 1. The molecule has 0 aliphatic heterocycles. The molecule has 124 valence electrons. The van der Waals surface area contributed by atoms with Crippen molar-refractivity contribution in [3.05, 3.63) is 59.9 Å². The summed E-state index contributed by atoms with van der Waals surface area (Å²) in [6.45, 7) is 0. The van der Waals surface area contributed by atoms with Crippen molar-refractivity contribution in [3.63, 3.8) is 0 Å². The zero-order valence-electron chi connectivity index (χ0n) is 12.9. The van der Waals surface area contributed by atoms with E-state index in [0.717, 1.165) is 6.26 Å². The van der Waals surface area contributed by atoms with Crippen molar-refractivity contribution in [2.45, 2.75) is 4.90 Å². The molecule has 1 aromatic carbocycles. The summed E-state index contributed by atoms with van der Waals surface area (Å²) in [5.74, 6) is -1.01. The van der Waals surface area contributed by atoms with Crippen molar-refractivity contribution in [1.82, 2.24) is 4.98 Å². The molecule has 2 aromatic rings. The average Bonchev–Trinajstić information content (AvgIpc) is 2.52. The molecule has 1 heterocycles. The quantitative estimate of drug-likeness (QED) is 0.480. The van der Waals surface area contributed by atoms with Crippen LogP contribution in [0.25, 0.3) is 11.6 Å². The van der Waals surface area contributed by atoms with E-state index in [0.29, 0.717) is 11.1 Å². The summed E-state index contributed by atoms with van der Waals surface area (Å²) in [6.07, 6.45) is 5.69. The number of nitrogens with zero attached hydrogens (tertiary/aromatic N) is 2. The predicted octanol–water partition coefficient (Wildman–Crippen LogP) is 0.826. The first kappa shape index (κ1) is 17.4. The molecule has 24 heavy (non-hydrogen) atoms. The van der Waals surface area contributed by atoms with Crippen molar-refractivity contribution in [2.24, 2.45) is 16.5 Å². The first-order chi connectivity index (χ1) is 11.3. The lowest BCUT2D eigenvalue weighted by molar-refractivity contribution is -0.112. The SMILES string of the molecule is CS(=O)(=O)c1cccc(/C=C(/C(=O)N=C(N)N)c2cccnc2)c1. The van der Waals surface area contributed by atoms with Crippen LogP contribution in [0.15, 0.2) is 58.7 Å².